The van der Waals surface area contributed by atoms with Gasteiger partial charge >= 0.3 is 6.18 Å². The SMILES string of the molecule is [C-]#[N+]c1c(C#N)nn([C@H](C)c2ccc(C(F)(F)F)nc2)c1N. The van der Waals surface area contributed by atoms with Gasteiger partial charge in [0, 0.05) is 6.20 Å². The topological polar surface area (TPSA) is 84.9 Å². The molecular formula is C13H9F3N6. The third-order valence-electron chi connectivity index (χ3n) is 3.07. The first kappa shape index (κ1) is 15.3. The lowest BCUT2D eigenvalue weighted by atomic mass is 10.1. The van der Waals surface area contributed by atoms with Gasteiger partial charge in [0.2, 0.25) is 0 Å². The summed E-state index contributed by atoms with van der Waals surface area (Å²) in [6.07, 6.45) is -3.45. The van der Waals surface area contributed by atoms with E-state index in [1.165, 1.54) is 10.7 Å². The lowest BCUT2D eigenvalue weighted by Gasteiger charge is -2.15. The van der Waals surface area contributed by atoms with Crippen LogP contribution in [-0.2, 0) is 6.18 Å². The van der Waals surface area contributed by atoms with Crippen LogP contribution in [0.15, 0.2) is 18.3 Å². The molecule has 0 aliphatic carbocycles. The normalized spacial score (nSPS) is 12.5. The zero-order chi connectivity index (χ0) is 16.5. The largest absolute Gasteiger partial charge is 0.433 e. The monoisotopic (exact) mass is 306 g/mol. The molecule has 2 aromatic rings. The Morgan fingerprint density at radius 1 is 1.45 bits per heavy atom. The standard InChI is InChI=1S/C13H9F3N6/c1-7(8-3-4-10(20-6-8)13(14,15)16)22-12(18)11(19-2)9(5-17)21-22/h3-4,6-7H,18H2,1H3/t7-/m1/s1. The van der Waals surface area contributed by atoms with E-state index in [1.807, 2.05) is 0 Å². The lowest BCUT2D eigenvalue weighted by Crippen LogP contribution is -2.13. The van der Waals surface area contributed by atoms with Crippen molar-refractivity contribution in [2.45, 2.75) is 19.1 Å². The van der Waals surface area contributed by atoms with E-state index < -0.39 is 17.9 Å². The summed E-state index contributed by atoms with van der Waals surface area (Å²) in [5.74, 6) is -0.0149. The summed E-state index contributed by atoms with van der Waals surface area (Å²) in [5.41, 5.74) is 4.98. The molecule has 0 fully saturated rings. The van der Waals surface area contributed by atoms with Crippen LogP contribution in [0.5, 0.6) is 0 Å². The van der Waals surface area contributed by atoms with Crippen molar-refractivity contribution in [3.63, 3.8) is 0 Å². The maximum Gasteiger partial charge on any atom is 0.433 e. The minimum atomic E-state index is -4.52. The first-order chi connectivity index (χ1) is 10.3. The van der Waals surface area contributed by atoms with Crippen molar-refractivity contribution in [1.29, 1.82) is 5.26 Å². The van der Waals surface area contributed by atoms with Crippen LogP contribution in [0.1, 0.15) is 29.9 Å². The fourth-order valence-electron chi connectivity index (χ4n) is 1.88. The van der Waals surface area contributed by atoms with E-state index in [9.17, 15) is 13.2 Å². The van der Waals surface area contributed by atoms with Crippen molar-refractivity contribution >= 4 is 11.5 Å². The van der Waals surface area contributed by atoms with Crippen molar-refractivity contribution < 1.29 is 13.2 Å². The maximum atomic E-state index is 12.5. The molecule has 2 heterocycles. The molecule has 0 saturated carbocycles. The fourth-order valence-corrected chi connectivity index (χ4v) is 1.88. The molecule has 0 saturated heterocycles. The molecule has 2 aromatic heterocycles. The summed E-state index contributed by atoms with van der Waals surface area (Å²) in [6.45, 7) is 8.62. The quantitative estimate of drug-likeness (QED) is 0.864. The maximum absolute atomic E-state index is 12.5. The molecule has 0 bridgehead atoms. The number of hydrogen-bond acceptors (Lipinski definition) is 4. The fraction of sp³-hybridized carbons (Fsp3) is 0.231. The van der Waals surface area contributed by atoms with Crippen molar-refractivity contribution in [3.8, 4) is 6.07 Å². The second kappa shape index (κ2) is 5.37. The van der Waals surface area contributed by atoms with Crippen molar-refractivity contribution in [2.75, 3.05) is 5.73 Å². The first-order valence-electron chi connectivity index (χ1n) is 5.98. The molecule has 9 heteroatoms. The number of nitrogens with two attached hydrogens (primary N) is 1. The average molecular weight is 306 g/mol. The number of alkyl halides is 3. The Morgan fingerprint density at radius 3 is 2.55 bits per heavy atom. The molecule has 0 aliphatic rings. The average Bonchev–Trinajstić information content (AvgIpc) is 2.81. The predicted octanol–water partition coefficient (Wildman–Crippen LogP) is 2.91. The van der Waals surface area contributed by atoms with Gasteiger partial charge in [-0.1, -0.05) is 6.07 Å². The van der Waals surface area contributed by atoms with Crippen molar-refractivity contribution in [2.24, 2.45) is 0 Å². The summed E-state index contributed by atoms with van der Waals surface area (Å²) >= 11 is 0. The number of nitrogens with zero attached hydrogens (tertiary/aromatic N) is 5. The van der Waals surface area contributed by atoms with E-state index in [4.69, 9.17) is 17.6 Å². The Labute approximate surface area is 123 Å². The zero-order valence-corrected chi connectivity index (χ0v) is 11.3. The van der Waals surface area contributed by atoms with E-state index in [0.717, 1.165) is 12.3 Å². The summed E-state index contributed by atoms with van der Waals surface area (Å²) in [6, 6.07) is 3.29. The highest BCUT2D eigenvalue weighted by atomic mass is 19.4. The third-order valence-corrected chi connectivity index (χ3v) is 3.07. The van der Waals surface area contributed by atoms with Gasteiger partial charge in [0.15, 0.2) is 5.69 Å². The van der Waals surface area contributed by atoms with Gasteiger partial charge in [-0.05, 0) is 18.6 Å². The molecule has 2 rings (SSSR count). The van der Waals surface area contributed by atoms with Crippen LogP contribution in [0.2, 0.25) is 0 Å². The van der Waals surface area contributed by atoms with Crippen molar-refractivity contribution in [1.82, 2.24) is 14.8 Å². The molecule has 112 valence electrons. The Bertz CT molecular complexity index is 776. The number of anilines is 1. The number of nitrogen functional groups attached to an aromatic ring is 1. The van der Waals surface area contributed by atoms with Crippen molar-refractivity contribution in [3.05, 3.63) is 46.7 Å². The number of nitriles is 1. The smallest absolute Gasteiger partial charge is 0.393 e. The summed E-state index contributed by atoms with van der Waals surface area (Å²) in [5, 5.41) is 12.8. The first-order valence-corrected chi connectivity index (χ1v) is 5.98. The Kier molecular flexibility index (Phi) is 3.74. The summed E-state index contributed by atoms with van der Waals surface area (Å²) in [4.78, 5) is 6.50. The number of hydrogen-bond donors (Lipinski definition) is 1. The highest BCUT2D eigenvalue weighted by Crippen LogP contribution is 2.32. The molecule has 6 nitrogen and oxygen atoms in total. The molecule has 0 spiro atoms. The van der Waals surface area contributed by atoms with E-state index >= 15 is 0 Å². The van der Waals surface area contributed by atoms with E-state index in [2.05, 4.69) is 14.9 Å². The third kappa shape index (κ3) is 2.56. The minimum absolute atomic E-state index is 0.0149. The van der Waals surface area contributed by atoms with Gasteiger partial charge in [0.25, 0.3) is 5.69 Å². The molecule has 0 radical (unpaired) electrons. The highest BCUT2D eigenvalue weighted by Gasteiger charge is 2.32. The van der Waals surface area contributed by atoms with Gasteiger partial charge < -0.3 is 5.73 Å². The molecule has 1 atom stereocenters. The number of pyridine rings is 1. The Morgan fingerprint density at radius 2 is 2.14 bits per heavy atom. The predicted molar refractivity (Wildman–Crippen MR) is 70.7 cm³/mol. The van der Waals surface area contributed by atoms with Crippen LogP contribution in [0.3, 0.4) is 0 Å². The molecule has 2 N–H and O–H groups in total. The molecule has 0 unspecified atom stereocenters. The Balaban J connectivity index is 2.41. The van der Waals surface area contributed by atoms with Crippen LogP contribution >= 0.6 is 0 Å². The lowest BCUT2D eigenvalue weighted by molar-refractivity contribution is -0.141. The number of rotatable bonds is 2. The molecule has 0 amide bonds. The minimum Gasteiger partial charge on any atom is -0.393 e. The van der Waals surface area contributed by atoms with Gasteiger partial charge in [-0.25, -0.2) is 4.85 Å². The van der Waals surface area contributed by atoms with Crippen LogP contribution in [-0.4, -0.2) is 14.8 Å². The van der Waals surface area contributed by atoms with Gasteiger partial charge in [0.1, 0.15) is 17.6 Å². The second-order valence-electron chi connectivity index (χ2n) is 4.40. The van der Waals surface area contributed by atoms with E-state index in [0.29, 0.717) is 5.56 Å². The summed E-state index contributed by atoms with van der Waals surface area (Å²) < 4.78 is 38.7. The molecular weight excluding hydrogens is 297 g/mol. The summed E-state index contributed by atoms with van der Waals surface area (Å²) in [7, 11) is 0. The second-order valence-corrected chi connectivity index (χ2v) is 4.40. The zero-order valence-electron chi connectivity index (χ0n) is 11.3. The van der Waals surface area contributed by atoms with Crippen LogP contribution in [0, 0.1) is 17.9 Å². The van der Waals surface area contributed by atoms with Gasteiger partial charge in [-0.2, -0.15) is 23.5 Å². The van der Waals surface area contributed by atoms with Gasteiger partial charge in [0.05, 0.1) is 12.6 Å². The van der Waals surface area contributed by atoms with Crippen LogP contribution < -0.4 is 5.73 Å². The number of halogens is 3. The Hall–Kier alpha value is -3.07. The van der Waals surface area contributed by atoms with E-state index in [1.54, 1.807) is 13.0 Å². The number of aromatic nitrogens is 3. The van der Waals surface area contributed by atoms with Crippen LogP contribution in [0.4, 0.5) is 24.7 Å². The van der Waals surface area contributed by atoms with Gasteiger partial charge in [-0.3, -0.25) is 9.67 Å². The molecule has 0 aliphatic heterocycles. The van der Waals surface area contributed by atoms with Gasteiger partial charge in [-0.15, -0.1) is 0 Å². The molecule has 22 heavy (non-hydrogen) atoms. The van der Waals surface area contributed by atoms with E-state index in [-0.39, 0.29) is 17.2 Å². The highest BCUT2D eigenvalue weighted by molar-refractivity contribution is 5.70. The molecule has 0 aromatic carbocycles. The van der Waals surface area contributed by atoms with Crippen LogP contribution in [0.25, 0.3) is 4.85 Å².